The number of terminal acetylenes is 1. The normalized spacial score (nSPS) is 15.3. The van der Waals surface area contributed by atoms with Crippen LogP contribution in [0.4, 0.5) is 5.69 Å². The predicted molar refractivity (Wildman–Crippen MR) is 172 cm³/mol. The summed E-state index contributed by atoms with van der Waals surface area (Å²) in [4.78, 5) is 37.4. The summed E-state index contributed by atoms with van der Waals surface area (Å²) >= 11 is 6.75. The van der Waals surface area contributed by atoms with Crippen LogP contribution in [-0.2, 0) is 24.9 Å². The van der Waals surface area contributed by atoms with Crippen molar-refractivity contribution in [2.24, 2.45) is 7.05 Å². The number of aromatic nitrogens is 2. The van der Waals surface area contributed by atoms with Crippen LogP contribution in [0.3, 0.4) is 0 Å². The van der Waals surface area contributed by atoms with Gasteiger partial charge >= 0.3 is 5.97 Å². The molecule has 0 aliphatic carbocycles. The number of piperazine rings is 1. The SMILES string of the molecule is C#CCN(Cc1cc2c(=O)n(C)c(CN3CCN(C(C)CCO)CC3)nc2cc1Cl)c1ccc(C(=O)OC(C)(C)C)cc1. The molecule has 1 aliphatic rings. The Morgan fingerprint density at radius 3 is 2.47 bits per heavy atom. The lowest BCUT2D eigenvalue weighted by Crippen LogP contribution is -2.49. The Morgan fingerprint density at radius 2 is 1.86 bits per heavy atom. The average molecular weight is 608 g/mol. The summed E-state index contributed by atoms with van der Waals surface area (Å²) in [5, 5.41) is 10.2. The highest BCUT2D eigenvalue weighted by atomic mass is 35.5. The summed E-state index contributed by atoms with van der Waals surface area (Å²) in [5.74, 6) is 2.99. The number of rotatable bonds is 10. The van der Waals surface area contributed by atoms with Gasteiger partial charge in [-0.05, 0) is 76.1 Å². The minimum atomic E-state index is -0.583. The first-order chi connectivity index (χ1) is 20.4. The molecule has 2 aromatic carbocycles. The number of nitrogens with zero attached hydrogens (tertiary/aromatic N) is 5. The second-order valence-corrected chi connectivity index (χ2v) is 12.5. The molecule has 0 radical (unpaired) electrons. The van der Waals surface area contributed by atoms with Crippen molar-refractivity contribution in [3.63, 3.8) is 0 Å². The van der Waals surface area contributed by atoms with Crippen molar-refractivity contribution < 1.29 is 14.6 Å². The molecule has 0 spiro atoms. The largest absolute Gasteiger partial charge is 0.456 e. The number of hydrogen-bond donors (Lipinski definition) is 1. The fourth-order valence-corrected chi connectivity index (χ4v) is 5.49. The van der Waals surface area contributed by atoms with Crippen molar-refractivity contribution in [3.8, 4) is 12.3 Å². The third kappa shape index (κ3) is 8.15. The fourth-order valence-electron chi connectivity index (χ4n) is 5.28. The summed E-state index contributed by atoms with van der Waals surface area (Å²) in [6, 6.07) is 11.0. The number of carbonyl (C=O) groups is 1. The predicted octanol–water partition coefficient (Wildman–Crippen LogP) is 4.07. The highest BCUT2D eigenvalue weighted by Crippen LogP contribution is 2.26. The maximum Gasteiger partial charge on any atom is 0.338 e. The van der Waals surface area contributed by atoms with E-state index in [4.69, 9.17) is 27.7 Å². The third-order valence-corrected chi connectivity index (χ3v) is 8.14. The van der Waals surface area contributed by atoms with Gasteiger partial charge in [0.1, 0.15) is 11.4 Å². The zero-order valence-corrected chi connectivity index (χ0v) is 26.5. The molecule has 1 unspecified atom stereocenters. The van der Waals surface area contributed by atoms with Gasteiger partial charge in [-0.2, -0.15) is 0 Å². The Morgan fingerprint density at radius 1 is 1.19 bits per heavy atom. The van der Waals surface area contributed by atoms with Crippen LogP contribution in [0.2, 0.25) is 5.02 Å². The first-order valence-corrected chi connectivity index (χ1v) is 15.0. The van der Waals surface area contributed by atoms with Crippen molar-refractivity contribution >= 4 is 34.2 Å². The molecule has 0 bridgehead atoms. The van der Waals surface area contributed by atoms with Gasteiger partial charge in [0.15, 0.2) is 0 Å². The maximum atomic E-state index is 13.5. The van der Waals surface area contributed by atoms with Crippen LogP contribution in [-0.4, -0.2) is 81.4 Å². The number of halogens is 1. The van der Waals surface area contributed by atoms with E-state index >= 15 is 0 Å². The zero-order valence-electron chi connectivity index (χ0n) is 25.8. The molecule has 1 atom stereocenters. The lowest BCUT2D eigenvalue weighted by atomic mass is 10.1. The van der Waals surface area contributed by atoms with Crippen molar-refractivity contribution in [1.82, 2.24) is 19.4 Å². The van der Waals surface area contributed by atoms with Gasteiger partial charge in [0.2, 0.25) is 0 Å². The lowest BCUT2D eigenvalue weighted by Gasteiger charge is -2.37. The monoisotopic (exact) mass is 607 g/mol. The minimum absolute atomic E-state index is 0.127. The Balaban J connectivity index is 1.52. The molecule has 1 aliphatic heterocycles. The standard InChI is InChI=1S/C33H42ClN5O4/c1-7-13-39(26-10-8-24(9-11-26)32(42)43-33(3,4)5)21-25-19-27-29(20-28(25)34)35-30(36(6)31(27)41)22-37-14-16-38(17-15-37)23(2)12-18-40/h1,8-11,19-20,23,40H,12-18,21-22H2,2-6H3. The summed E-state index contributed by atoms with van der Waals surface area (Å²) in [5.41, 5.74) is 1.87. The molecule has 1 saturated heterocycles. The molecule has 0 amide bonds. The molecule has 9 nitrogen and oxygen atoms in total. The van der Waals surface area contributed by atoms with Crippen LogP contribution in [0.25, 0.3) is 10.9 Å². The highest BCUT2D eigenvalue weighted by Gasteiger charge is 2.23. The lowest BCUT2D eigenvalue weighted by molar-refractivity contribution is 0.00695. The number of benzene rings is 2. The number of anilines is 1. The van der Waals surface area contributed by atoms with Gasteiger partial charge in [-0.1, -0.05) is 17.5 Å². The Kier molecular flexibility index (Phi) is 10.5. The van der Waals surface area contributed by atoms with Gasteiger partial charge in [0.05, 0.1) is 29.6 Å². The smallest absolute Gasteiger partial charge is 0.338 e. The van der Waals surface area contributed by atoms with E-state index in [-0.39, 0.29) is 12.2 Å². The van der Waals surface area contributed by atoms with Crippen LogP contribution in [0.1, 0.15) is 55.9 Å². The molecule has 1 N–H and O–H groups in total. The van der Waals surface area contributed by atoms with Gasteiger partial charge in [-0.15, -0.1) is 6.42 Å². The van der Waals surface area contributed by atoms with E-state index < -0.39 is 11.6 Å². The molecule has 0 saturated carbocycles. The van der Waals surface area contributed by atoms with E-state index in [1.54, 1.807) is 35.9 Å². The molecule has 3 aromatic rings. The molecular weight excluding hydrogens is 566 g/mol. The summed E-state index contributed by atoms with van der Waals surface area (Å²) in [6.45, 7) is 12.6. The van der Waals surface area contributed by atoms with Crippen LogP contribution < -0.4 is 10.5 Å². The number of carbonyl (C=O) groups excluding carboxylic acids is 1. The topological polar surface area (TPSA) is 91.1 Å². The molecule has 10 heteroatoms. The Bertz CT molecular complexity index is 1530. The van der Waals surface area contributed by atoms with Gasteiger partial charge in [0.25, 0.3) is 5.56 Å². The number of fused-ring (bicyclic) bond motifs is 1. The summed E-state index contributed by atoms with van der Waals surface area (Å²) in [6.07, 6.45) is 6.46. The van der Waals surface area contributed by atoms with Crippen LogP contribution >= 0.6 is 11.6 Å². The number of aliphatic hydroxyl groups excluding tert-OH is 1. The summed E-state index contributed by atoms with van der Waals surface area (Å²) in [7, 11) is 1.76. The van der Waals surface area contributed by atoms with Gasteiger partial charge < -0.3 is 14.7 Å². The molecule has 4 rings (SSSR count). The molecule has 43 heavy (non-hydrogen) atoms. The number of ether oxygens (including phenoxy) is 1. The van der Waals surface area contributed by atoms with E-state index in [0.29, 0.717) is 53.0 Å². The highest BCUT2D eigenvalue weighted by molar-refractivity contribution is 6.32. The molecule has 1 aromatic heterocycles. The minimum Gasteiger partial charge on any atom is -0.456 e. The van der Waals surface area contributed by atoms with Crippen LogP contribution in [0, 0.1) is 12.3 Å². The third-order valence-electron chi connectivity index (χ3n) is 7.79. The van der Waals surface area contributed by atoms with Crippen LogP contribution in [0.15, 0.2) is 41.2 Å². The van der Waals surface area contributed by atoms with E-state index in [9.17, 15) is 14.7 Å². The number of hydrogen-bond acceptors (Lipinski definition) is 8. The van der Waals surface area contributed by atoms with Gasteiger partial charge in [-0.3, -0.25) is 19.2 Å². The van der Waals surface area contributed by atoms with Gasteiger partial charge in [-0.25, -0.2) is 9.78 Å². The summed E-state index contributed by atoms with van der Waals surface area (Å²) < 4.78 is 7.08. The molecule has 230 valence electrons. The first kappa shape index (κ1) is 32.5. The quantitative estimate of drug-likeness (QED) is 0.273. The number of aliphatic hydroxyl groups is 1. The van der Waals surface area contributed by atoms with Crippen molar-refractivity contribution in [3.05, 3.63) is 68.7 Å². The van der Waals surface area contributed by atoms with Crippen molar-refractivity contribution in [2.75, 3.05) is 44.2 Å². The molecule has 2 heterocycles. The van der Waals surface area contributed by atoms with Crippen molar-refractivity contribution in [2.45, 2.75) is 58.8 Å². The zero-order chi connectivity index (χ0) is 31.3. The van der Waals surface area contributed by atoms with E-state index in [2.05, 4.69) is 22.6 Å². The van der Waals surface area contributed by atoms with E-state index in [1.807, 2.05) is 37.8 Å². The Hall–Kier alpha value is -3.42. The Labute approximate surface area is 259 Å². The fraction of sp³-hybridized carbons (Fsp3) is 0.485. The first-order valence-electron chi connectivity index (χ1n) is 14.7. The molecule has 1 fully saturated rings. The average Bonchev–Trinajstić information content (AvgIpc) is 2.96. The van der Waals surface area contributed by atoms with E-state index in [1.165, 1.54) is 0 Å². The molecular formula is C33H42ClN5O4. The van der Waals surface area contributed by atoms with Crippen molar-refractivity contribution in [1.29, 1.82) is 0 Å². The van der Waals surface area contributed by atoms with Gasteiger partial charge in [0, 0.05) is 63.1 Å². The van der Waals surface area contributed by atoms with E-state index in [0.717, 1.165) is 43.9 Å². The van der Waals surface area contributed by atoms with Crippen LogP contribution in [0.5, 0.6) is 0 Å². The second-order valence-electron chi connectivity index (χ2n) is 12.1. The second kappa shape index (κ2) is 13.9. The maximum absolute atomic E-state index is 13.5. The number of esters is 1.